The zero-order valence-corrected chi connectivity index (χ0v) is 14.1. The Bertz CT molecular complexity index is 443. The van der Waals surface area contributed by atoms with Gasteiger partial charge in [-0.05, 0) is 56.2 Å². The number of benzene rings is 1. The first-order valence-corrected chi connectivity index (χ1v) is 8.72. The van der Waals surface area contributed by atoms with Gasteiger partial charge in [-0.3, -0.25) is 0 Å². The first kappa shape index (κ1) is 17.5. The van der Waals surface area contributed by atoms with E-state index in [9.17, 15) is 5.11 Å². The second-order valence-electron chi connectivity index (χ2n) is 6.47. The number of rotatable bonds is 8. The van der Waals surface area contributed by atoms with Gasteiger partial charge in [-0.2, -0.15) is 0 Å². The molecule has 1 heterocycles. The van der Waals surface area contributed by atoms with Crippen LogP contribution in [0.15, 0.2) is 24.3 Å². The lowest BCUT2D eigenvalue weighted by Crippen LogP contribution is -2.44. The summed E-state index contributed by atoms with van der Waals surface area (Å²) in [6.07, 6.45) is 6.08. The molecule has 1 aliphatic rings. The molecule has 0 saturated carbocycles. The summed E-state index contributed by atoms with van der Waals surface area (Å²) in [4.78, 5) is 0. The number of hydrogen-bond acceptors (Lipinski definition) is 3. The third-order valence-electron chi connectivity index (χ3n) is 4.96. The highest BCUT2D eigenvalue weighted by molar-refractivity contribution is 5.29. The first-order chi connectivity index (χ1) is 10.7. The highest BCUT2D eigenvalue weighted by Gasteiger charge is 2.38. The molecule has 1 fully saturated rings. The minimum absolute atomic E-state index is 0.302. The van der Waals surface area contributed by atoms with E-state index >= 15 is 0 Å². The Morgan fingerprint density at radius 1 is 1.36 bits per heavy atom. The molecule has 0 amide bonds. The topological polar surface area (TPSA) is 41.5 Å². The molecule has 0 aliphatic carbocycles. The van der Waals surface area contributed by atoms with E-state index in [1.165, 1.54) is 5.56 Å². The van der Waals surface area contributed by atoms with E-state index in [0.29, 0.717) is 5.92 Å². The summed E-state index contributed by atoms with van der Waals surface area (Å²) in [5.41, 5.74) is 1.68. The lowest BCUT2D eigenvalue weighted by atomic mass is 9.74. The molecule has 0 radical (unpaired) electrons. The van der Waals surface area contributed by atoms with E-state index in [1.807, 2.05) is 0 Å². The fourth-order valence-corrected chi connectivity index (χ4v) is 3.55. The number of unbranched alkanes of at least 4 members (excludes halogenated alkanes) is 1. The summed E-state index contributed by atoms with van der Waals surface area (Å²) in [5.74, 6) is 0.302. The molecule has 1 aromatic carbocycles. The van der Waals surface area contributed by atoms with Gasteiger partial charge in [0, 0.05) is 26.2 Å². The zero-order chi connectivity index (χ0) is 15.8. The third-order valence-corrected chi connectivity index (χ3v) is 4.96. The summed E-state index contributed by atoms with van der Waals surface area (Å²) in [6, 6.07) is 8.54. The SMILES string of the molecule is CCc1cccc([C@](O)(CCCCOC)C2CCCNC2)c1. The predicted molar refractivity (Wildman–Crippen MR) is 91.0 cm³/mol. The fraction of sp³-hybridized carbons (Fsp3) is 0.684. The zero-order valence-electron chi connectivity index (χ0n) is 14.1. The van der Waals surface area contributed by atoms with E-state index in [4.69, 9.17) is 4.74 Å². The average molecular weight is 305 g/mol. The number of ether oxygens (including phenoxy) is 1. The van der Waals surface area contributed by atoms with E-state index in [1.54, 1.807) is 7.11 Å². The van der Waals surface area contributed by atoms with Crippen molar-refractivity contribution in [3.63, 3.8) is 0 Å². The molecule has 0 aromatic heterocycles. The minimum Gasteiger partial charge on any atom is -0.385 e. The second kappa shape index (κ2) is 8.66. The van der Waals surface area contributed by atoms with E-state index < -0.39 is 5.60 Å². The van der Waals surface area contributed by atoms with Crippen molar-refractivity contribution in [1.82, 2.24) is 5.32 Å². The summed E-state index contributed by atoms with van der Waals surface area (Å²) >= 11 is 0. The van der Waals surface area contributed by atoms with Gasteiger partial charge in [0.05, 0.1) is 5.60 Å². The van der Waals surface area contributed by atoms with Gasteiger partial charge in [-0.1, -0.05) is 31.2 Å². The van der Waals surface area contributed by atoms with Crippen LogP contribution >= 0.6 is 0 Å². The predicted octanol–water partition coefficient (Wildman–Crippen LogP) is 3.25. The summed E-state index contributed by atoms with van der Waals surface area (Å²) in [7, 11) is 1.74. The van der Waals surface area contributed by atoms with Crippen LogP contribution in [0.4, 0.5) is 0 Å². The molecule has 0 bridgehead atoms. The molecule has 2 N–H and O–H groups in total. The lowest BCUT2D eigenvalue weighted by Gasteiger charge is -2.39. The highest BCUT2D eigenvalue weighted by atomic mass is 16.5. The Labute approximate surface area is 135 Å². The average Bonchev–Trinajstić information content (AvgIpc) is 2.59. The Morgan fingerprint density at radius 2 is 2.23 bits per heavy atom. The van der Waals surface area contributed by atoms with Crippen molar-refractivity contribution in [2.24, 2.45) is 5.92 Å². The maximum Gasteiger partial charge on any atom is 0.0936 e. The molecule has 124 valence electrons. The van der Waals surface area contributed by atoms with Gasteiger partial charge in [0.25, 0.3) is 0 Å². The Balaban J connectivity index is 2.18. The van der Waals surface area contributed by atoms with Gasteiger partial charge in [0.15, 0.2) is 0 Å². The van der Waals surface area contributed by atoms with Crippen LogP contribution in [-0.2, 0) is 16.8 Å². The second-order valence-corrected chi connectivity index (χ2v) is 6.47. The largest absolute Gasteiger partial charge is 0.385 e. The van der Waals surface area contributed by atoms with Crippen LogP contribution in [0.1, 0.15) is 50.2 Å². The van der Waals surface area contributed by atoms with Crippen LogP contribution in [0.2, 0.25) is 0 Å². The fourth-order valence-electron chi connectivity index (χ4n) is 3.55. The molecule has 1 aromatic rings. The van der Waals surface area contributed by atoms with Crippen molar-refractivity contribution in [3.8, 4) is 0 Å². The molecule has 1 saturated heterocycles. The molecule has 2 atom stereocenters. The standard InChI is InChI=1S/C19H31NO2/c1-3-16-8-6-9-17(14-16)19(21,11-4-5-13-22-2)18-10-7-12-20-15-18/h6,8-9,14,18,20-21H,3-5,7,10-13,15H2,1-2H3/t18?,19-/m1/s1. The number of methoxy groups -OCH3 is 1. The van der Waals surface area contributed by atoms with Crippen LogP contribution < -0.4 is 5.32 Å². The maximum atomic E-state index is 11.5. The number of aliphatic hydroxyl groups is 1. The summed E-state index contributed by atoms with van der Waals surface area (Å²) < 4.78 is 5.15. The van der Waals surface area contributed by atoms with Crippen molar-refractivity contribution in [3.05, 3.63) is 35.4 Å². The lowest BCUT2D eigenvalue weighted by molar-refractivity contribution is -0.0434. The van der Waals surface area contributed by atoms with Crippen molar-refractivity contribution < 1.29 is 9.84 Å². The smallest absolute Gasteiger partial charge is 0.0936 e. The van der Waals surface area contributed by atoms with Crippen LogP contribution in [0.25, 0.3) is 0 Å². The summed E-state index contributed by atoms with van der Waals surface area (Å²) in [5, 5.41) is 15.0. The molecule has 1 unspecified atom stereocenters. The van der Waals surface area contributed by atoms with Crippen molar-refractivity contribution in [1.29, 1.82) is 0 Å². The molecule has 22 heavy (non-hydrogen) atoms. The quantitative estimate of drug-likeness (QED) is 0.724. The highest BCUT2D eigenvalue weighted by Crippen LogP contribution is 2.38. The van der Waals surface area contributed by atoms with E-state index in [0.717, 1.165) is 63.8 Å². The normalized spacial score (nSPS) is 21.5. The Kier molecular flexibility index (Phi) is 6.87. The van der Waals surface area contributed by atoms with Crippen molar-refractivity contribution in [2.45, 2.75) is 51.0 Å². The minimum atomic E-state index is -0.716. The molecular weight excluding hydrogens is 274 g/mol. The Morgan fingerprint density at radius 3 is 2.91 bits per heavy atom. The Hall–Kier alpha value is -0.900. The van der Waals surface area contributed by atoms with Crippen LogP contribution in [0.3, 0.4) is 0 Å². The monoisotopic (exact) mass is 305 g/mol. The third kappa shape index (κ3) is 4.31. The van der Waals surface area contributed by atoms with Gasteiger partial charge in [0.2, 0.25) is 0 Å². The van der Waals surface area contributed by atoms with E-state index in [2.05, 4.69) is 36.5 Å². The van der Waals surface area contributed by atoms with Crippen LogP contribution in [-0.4, -0.2) is 31.9 Å². The molecule has 0 spiro atoms. The van der Waals surface area contributed by atoms with Gasteiger partial charge in [0.1, 0.15) is 0 Å². The molecular formula is C19H31NO2. The van der Waals surface area contributed by atoms with Crippen molar-refractivity contribution >= 4 is 0 Å². The maximum absolute atomic E-state index is 11.5. The van der Waals surface area contributed by atoms with E-state index in [-0.39, 0.29) is 0 Å². The number of nitrogens with one attached hydrogen (secondary N) is 1. The van der Waals surface area contributed by atoms with Gasteiger partial charge in [-0.25, -0.2) is 0 Å². The molecule has 3 nitrogen and oxygen atoms in total. The molecule has 2 rings (SSSR count). The number of aryl methyl sites for hydroxylation is 1. The summed E-state index contributed by atoms with van der Waals surface area (Å²) in [6.45, 7) is 4.93. The van der Waals surface area contributed by atoms with Crippen LogP contribution in [0, 0.1) is 5.92 Å². The van der Waals surface area contributed by atoms with Gasteiger partial charge < -0.3 is 15.2 Å². The first-order valence-electron chi connectivity index (χ1n) is 8.72. The molecule has 3 heteroatoms. The number of piperidine rings is 1. The molecule has 1 aliphatic heterocycles. The van der Waals surface area contributed by atoms with Gasteiger partial charge in [-0.15, -0.1) is 0 Å². The van der Waals surface area contributed by atoms with Gasteiger partial charge >= 0.3 is 0 Å². The van der Waals surface area contributed by atoms with Crippen LogP contribution in [0.5, 0.6) is 0 Å². The van der Waals surface area contributed by atoms with Crippen molar-refractivity contribution in [2.75, 3.05) is 26.8 Å². The number of hydrogen-bond donors (Lipinski definition) is 2.